The van der Waals surface area contributed by atoms with Crippen LogP contribution in [0, 0.1) is 0 Å². The summed E-state index contributed by atoms with van der Waals surface area (Å²) in [7, 11) is 0. The zero-order valence-electron chi connectivity index (χ0n) is 61.4. The molecule has 558 valence electrons. The largest absolute Gasteiger partial charge is 0.463 e. The van der Waals surface area contributed by atoms with Gasteiger partial charge in [0.1, 0.15) is 31.5 Å². The lowest BCUT2D eigenvalue weighted by molar-refractivity contribution is -0.357. The second-order valence-electron chi connectivity index (χ2n) is 27.4. The summed E-state index contributed by atoms with van der Waals surface area (Å²) in [6.45, 7) is 11.8. The molecule has 0 radical (unpaired) electrons. The lowest BCUT2D eigenvalue weighted by atomic mass is 9.95. The molecule has 18 heteroatoms. The van der Waals surface area contributed by atoms with Gasteiger partial charge < -0.3 is 52.5 Å². The topological polar surface area (TPSA) is 232 Å². The Kier molecular flexibility index (Phi) is 50.9. The summed E-state index contributed by atoms with van der Waals surface area (Å²) in [5.74, 6) is -4.73. The number of carbonyl (C=O) groups excluding carboxylic acids is 7. The highest BCUT2D eigenvalue weighted by atomic mass is 16.8. The molecule has 0 spiro atoms. The Bertz CT molecular complexity index is 2190. The van der Waals surface area contributed by atoms with Crippen molar-refractivity contribution in [3.63, 3.8) is 0 Å². The lowest BCUT2D eigenvalue weighted by Gasteiger charge is -2.48. The van der Waals surface area contributed by atoms with Crippen molar-refractivity contribution in [2.45, 2.75) is 411 Å². The minimum atomic E-state index is -1.94. The Morgan fingerprint density at radius 1 is 0.309 bits per heavy atom. The summed E-state index contributed by atoms with van der Waals surface area (Å²) in [5, 5.41) is 12.1. The molecule has 2 heterocycles. The molecule has 97 heavy (non-hydrogen) atoms. The van der Waals surface area contributed by atoms with Gasteiger partial charge in [0.05, 0.1) is 5.56 Å². The minimum Gasteiger partial charge on any atom is -0.463 e. The molecule has 2 fully saturated rings. The quantitative estimate of drug-likeness (QED) is 0.0363. The molecule has 2 saturated heterocycles. The summed E-state index contributed by atoms with van der Waals surface area (Å²) in [6, 6.07) is 8.19. The van der Waals surface area contributed by atoms with Gasteiger partial charge in [-0.15, -0.1) is 0 Å². The molecule has 18 nitrogen and oxygen atoms in total. The Morgan fingerprint density at radius 3 is 0.928 bits per heavy atom. The van der Waals surface area contributed by atoms with Crippen LogP contribution in [0.15, 0.2) is 30.3 Å². The van der Waals surface area contributed by atoms with E-state index in [1.54, 1.807) is 30.3 Å². The van der Waals surface area contributed by atoms with Crippen LogP contribution in [0.4, 0.5) is 0 Å². The maximum Gasteiger partial charge on any atom is 0.338 e. The van der Waals surface area contributed by atoms with Crippen LogP contribution in [0.2, 0.25) is 0 Å². The van der Waals surface area contributed by atoms with E-state index in [1.165, 1.54) is 0 Å². The fourth-order valence-electron chi connectivity index (χ4n) is 12.6. The van der Waals surface area contributed by atoms with Crippen LogP contribution in [0.1, 0.15) is 360 Å². The van der Waals surface area contributed by atoms with Crippen molar-refractivity contribution in [3.8, 4) is 0 Å². The fourth-order valence-corrected chi connectivity index (χ4v) is 12.6. The van der Waals surface area contributed by atoms with Gasteiger partial charge in [-0.1, -0.05) is 291 Å². The zero-order chi connectivity index (χ0) is 70.4. The predicted molar refractivity (Wildman–Crippen MR) is 377 cm³/mol. The van der Waals surface area contributed by atoms with Crippen LogP contribution in [0.25, 0.3) is 0 Å². The number of hydrogen-bond acceptors (Lipinski definition) is 18. The summed E-state index contributed by atoms with van der Waals surface area (Å²) in [4.78, 5) is 99.7. The highest BCUT2D eigenvalue weighted by Crippen LogP contribution is 2.37. The zero-order valence-corrected chi connectivity index (χ0v) is 61.4. The van der Waals surface area contributed by atoms with Crippen LogP contribution in [0.3, 0.4) is 0 Å². The van der Waals surface area contributed by atoms with Gasteiger partial charge in [-0.25, -0.2) is 4.79 Å². The summed E-state index contributed by atoms with van der Waals surface area (Å²) < 4.78 is 64.1. The smallest absolute Gasteiger partial charge is 0.338 e. The molecule has 0 unspecified atom stereocenters. The van der Waals surface area contributed by atoms with Gasteiger partial charge in [0.15, 0.2) is 43.1 Å². The molecular formula is C79H134O18. The number of aliphatic hydroxyl groups excluding tert-OH is 1. The number of esters is 7. The van der Waals surface area contributed by atoms with Crippen molar-refractivity contribution in [1.82, 2.24) is 0 Å². The number of ether oxygens (including phenoxy) is 10. The Balaban J connectivity index is 2.29. The minimum absolute atomic E-state index is 0.0162. The standard InChI is InChI=1S/C79H134O18/c1-7-13-19-25-31-37-46-54-65(80)88-60-63-72(73(92-67(82)56-48-39-33-27-21-15-9-3)75(78(87)90-63)94-69(84)58-50-41-35-29-23-17-11-5)97-79-76(95-70(85)59-51-42-36-30-24-18-12-6)74(93-68(83)57-49-40-34-28-22-16-10-4)71(96-77(86)62-52-44-43-45-53-62)64(91-79)61-89-66(81)55-47-38-32-26-20-14-8-2/h43-45,52-53,63-64,71-76,78-79,87H,7-42,46-51,54-61H2,1-6H3/t63-,64-,71-,72-,73+,74+,75-,76-,78-,79+/m1/s1. The molecule has 0 bridgehead atoms. The van der Waals surface area contributed by atoms with E-state index < -0.39 is 116 Å². The second-order valence-corrected chi connectivity index (χ2v) is 27.4. The van der Waals surface area contributed by atoms with Crippen LogP contribution < -0.4 is 0 Å². The van der Waals surface area contributed by atoms with Crippen molar-refractivity contribution >= 4 is 41.8 Å². The first-order valence-corrected chi connectivity index (χ1v) is 39.3. The van der Waals surface area contributed by atoms with Gasteiger partial charge in [0.2, 0.25) is 0 Å². The molecule has 0 saturated carbocycles. The third-order valence-electron chi connectivity index (χ3n) is 18.5. The average molecular weight is 1370 g/mol. The van der Waals surface area contributed by atoms with Crippen molar-refractivity contribution in [2.24, 2.45) is 0 Å². The molecule has 2 aliphatic rings. The number of rotatable bonds is 60. The molecule has 0 aromatic heterocycles. The summed E-state index contributed by atoms with van der Waals surface area (Å²) in [6.07, 6.45) is 22.3. The van der Waals surface area contributed by atoms with E-state index in [0.717, 1.165) is 231 Å². The van der Waals surface area contributed by atoms with Gasteiger partial charge in [-0.05, 0) is 50.7 Å². The number of benzene rings is 1. The molecule has 1 aromatic rings. The first-order chi connectivity index (χ1) is 47.3. The molecule has 1 N–H and O–H groups in total. The van der Waals surface area contributed by atoms with E-state index in [0.29, 0.717) is 38.5 Å². The van der Waals surface area contributed by atoms with Crippen LogP contribution in [0.5, 0.6) is 0 Å². The molecule has 3 rings (SSSR count). The van der Waals surface area contributed by atoms with Gasteiger partial charge in [0.25, 0.3) is 0 Å². The third kappa shape index (κ3) is 39.8. The molecule has 2 aliphatic heterocycles. The normalized spacial score (nSPS) is 20.8. The van der Waals surface area contributed by atoms with Gasteiger partial charge >= 0.3 is 41.8 Å². The van der Waals surface area contributed by atoms with Crippen LogP contribution >= 0.6 is 0 Å². The Morgan fingerprint density at radius 2 is 0.588 bits per heavy atom. The van der Waals surface area contributed by atoms with Crippen molar-refractivity contribution in [3.05, 3.63) is 35.9 Å². The van der Waals surface area contributed by atoms with Gasteiger partial charge in [0, 0.05) is 38.5 Å². The van der Waals surface area contributed by atoms with E-state index in [1.807, 2.05) is 0 Å². The monoisotopic (exact) mass is 1370 g/mol. The van der Waals surface area contributed by atoms with E-state index in [9.17, 15) is 38.7 Å². The summed E-state index contributed by atoms with van der Waals surface area (Å²) in [5.41, 5.74) is 0.146. The number of hydrogen-bond donors (Lipinski definition) is 1. The Labute approximate surface area is 585 Å². The van der Waals surface area contributed by atoms with Crippen molar-refractivity contribution in [2.75, 3.05) is 13.2 Å². The van der Waals surface area contributed by atoms with Crippen molar-refractivity contribution < 1.29 is 86.0 Å². The highest BCUT2D eigenvalue weighted by Gasteiger charge is 2.58. The van der Waals surface area contributed by atoms with Crippen molar-refractivity contribution in [1.29, 1.82) is 0 Å². The molecule has 0 aliphatic carbocycles. The lowest BCUT2D eigenvalue weighted by Crippen LogP contribution is -2.67. The second kappa shape index (κ2) is 57.0. The fraction of sp³-hybridized carbons (Fsp3) is 0.835. The van der Waals surface area contributed by atoms with Gasteiger partial charge in [-0.3, -0.25) is 28.8 Å². The molecule has 1 aromatic carbocycles. The molecule has 0 amide bonds. The molecular weight excluding hydrogens is 1240 g/mol. The average Bonchev–Trinajstić information content (AvgIpc) is 0.770. The molecule has 10 atom stereocenters. The van der Waals surface area contributed by atoms with E-state index in [2.05, 4.69) is 41.5 Å². The van der Waals surface area contributed by atoms with E-state index >= 15 is 0 Å². The summed E-state index contributed by atoms with van der Waals surface area (Å²) >= 11 is 0. The van der Waals surface area contributed by atoms with E-state index in [4.69, 9.17) is 47.4 Å². The van der Waals surface area contributed by atoms with Crippen LogP contribution in [-0.2, 0) is 76.1 Å². The van der Waals surface area contributed by atoms with E-state index in [-0.39, 0.29) is 44.1 Å². The number of unbranched alkanes of at least 4 members (excludes halogenated alkanes) is 36. The third-order valence-corrected chi connectivity index (χ3v) is 18.5. The highest BCUT2D eigenvalue weighted by molar-refractivity contribution is 5.89. The maximum absolute atomic E-state index is 14.6. The SMILES string of the molecule is CCCCCCCCCC(=O)OC[C@H]1O[C@@H](O)[C@H](OC(=O)CCCCCCCCC)[C@@H](OC(=O)CCCCCCCCC)[C@@H]1O[C@@H]1O[C@H](COC(=O)CCCCCCCCC)[C@@H](OC(=O)c2ccccc2)[C@H](OC(=O)CCCCCCCCC)[C@H]1OC(=O)CCCCCCCCC. The number of aliphatic hydroxyl groups is 1. The first-order valence-electron chi connectivity index (χ1n) is 39.3. The Hall–Kier alpha value is -4.65. The maximum atomic E-state index is 14.6. The van der Waals surface area contributed by atoms with Gasteiger partial charge in [-0.2, -0.15) is 0 Å². The number of carbonyl (C=O) groups is 7. The van der Waals surface area contributed by atoms with Crippen LogP contribution in [-0.4, -0.2) is 122 Å². The first kappa shape index (κ1) is 86.6. The predicted octanol–water partition coefficient (Wildman–Crippen LogP) is 18.6.